The van der Waals surface area contributed by atoms with E-state index >= 15 is 0 Å². The summed E-state index contributed by atoms with van der Waals surface area (Å²) in [4.78, 5) is 15.9. The van der Waals surface area contributed by atoms with Gasteiger partial charge < -0.3 is 19.5 Å². The molecule has 1 aromatic carbocycles. The molecule has 122 valence electrons. The molecule has 2 rings (SSSR count). The summed E-state index contributed by atoms with van der Waals surface area (Å²) in [6.07, 6.45) is 3.81. The third kappa shape index (κ3) is 4.12. The summed E-state index contributed by atoms with van der Waals surface area (Å²) in [6, 6.07) is 7.20. The fourth-order valence-corrected chi connectivity index (χ4v) is 2.20. The molecule has 2 aromatic rings. The second-order valence-corrected chi connectivity index (χ2v) is 4.78. The van der Waals surface area contributed by atoms with Crippen LogP contribution in [0.2, 0.25) is 0 Å². The maximum Gasteiger partial charge on any atom is 0.252 e. The molecule has 0 aliphatic rings. The SMILES string of the molecule is COc1cc(CCNC(=O)c2cccnc2)cc(OC)c1OC. The second-order valence-electron chi connectivity index (χ2n) is 4.78. The van der Waals surface area contributed by atoms with Gasteiger partial charge in [-0.15, -0.1) is 0 Å². The molecule has 0 bridgehead atoms. The van der Waals surface area contributed by atoms with Gasteiger partial charge in [0.25, 0.3) is 5.91 Å². The van der Waals surface area contributed by atoms with Gasteiger partial charge in [0.15, 0.2) is 11.5 Å². The molecule has 6 nitrogen and oxygen atoms in total. The van der Waals surface area contributed by atoms with Crippen LogP contribution in [0.5, 0.6) is 17.2 Å². The largest absolute Gasteiger partial charge is 0.493 e. The zero-order valence-electron chi connectivity index (χ0n) is 13.5. The molecular weight excluding hydrogens is 296 g/mol. The van der Waals surface area contributed by atoms with Crippen LogP contribution in [-0.4, -0.2) is 38.8 Å². The Bertz CT molecular complexity index is 634. The number of carbonyl (C=O) groups excluding carboxylic acids is 1. The van der Waals surface area contributed by atoms with E-state index in [0.717, 1.165) is 5.56 Å². The van der Waals surface area contributed by atoms with Crippen LogP contribution < -0.4 is 19.5 Å². The van der Waals surface area contributed by atoms with E-state index in [2.05, 4.69) is 10.3 Å². The highest BCUT2D eigenvalue weighted by Crippen LogP contribution is 2.38. The van der Waals surface area contributed by atoms with Crippen molar-refractivity contribution in [2.45, 2.75) is 6.42 Å². The lowest BCUT2D eigenvalue weighted by Gasteiger charge is -2.14. The number of methoxy groups -OCH3 is 3. The van der Waals surface area contributed by atoms with Gasteiger partial charge in [-0.3, -0.25) is 9.78 Å². The number of carbonyl (C=O) groups is 1. The van der Waals surface area contributed by atoms with Crippen molar-refractivity contribution in [3.05, 3.63) is 47.8 Å². The average Bonchev–Trinajstić information content (AvgIpc) is 2.61. The van der Waals surface area contributed by atoms with Crippen molar-refractivity contribution >= 4 is 5.91 Å². The minimum Gasteiger partial charge on any atom is -0.493 e. The lowest BCUT2D eigenvalue weighted by molar-refractivity contribution is 0.0954. The molecule has 0 radical (unpaired) electrons. The number of nitrogens with zero attached hydrogens (tertiary/aromatic N) is 1. The lowest BCUT2D eigenvalue weighted by atomic mass is 10.1. The molecule has 1 heterocycles. The number of benzene rings is 1. The number of nitrogens with one attached hydrogen (secondary N) is 1. The van der Waals surface area contributed by atoms with Crippen LogP contribution in [0.1, 0.15) is 15.9 Å². The Hall–Kier alpha value is -2.76. The Labute approximate surface area is 135 Å². The highest BCUT2D eigenvalue weighted by atomic mass is 16.5. The molecule has 0 saturated heterocycles. The minimum atomic E-state index is -0.148. The maximum atomic E-state index is 12.0. The molecule has 0 atom stereocenters. The Morgan fingerprint density at radius 1 is 1.13 bits per heavy atom. The summed E-state index contributed by atoms with van der Waals surface area (Å²) in [5.41, 5.74) is 1.52. The predicted octanol–water partition coefficient (Wildman–Crippen LogP) is 2.08. The number of ether oxygens (including phenoxy) is 3. The van der Waals surface area contributed by atoms with E-state index in [4.69, 9.17) is 14.2 Å². The molecule has 23 heavy (non-hydrogen) atoms. The summed E-state index contributed by atoms with van der Waals surface area (Å²) in [6.45, 7) is 0.492. The van der Waals surface area contributed by atoms with Gasteiger partial charge >= 0.3 is 0 Å². The van der Waals surface area contributed by atoms with E-state index in [9.17, 15) is 4.79 Å². The minimum absolute atomic E-state index is 0.148. The van der Waals surface area contributed by atoms with Crippen molar-refractivity contribution in [1.29, 1.82) is 0 Å². The number of rotatable bonds is 7. The molecule has 0 aliphatic heterocycles. The zero-order chi connectivity index (χ0) is 16.7. The standard InChI is InChI=1S/C17H20N2O4/c1-21-14-9-12(10-15(22-2)16(14)23-3)6-8-19-17(20)13-5-4-7-18-11-13/h4-5,7,9-11H,6,8H2,1-3H3,(H,19,20). The lowest BCUT2D eigenvalue weighted by Crippen LogP contribution is -2.25. The molecule has 0 saturated carbocycles. The normalized spacial score (nSPS) is 10.0. The summed E-state index contributed by atoms with van der Waals surface area (Å²) in [5, 5.41) is 2.86. The third-order valence-electron chi connectivity index (χ3n) is 3.35. The highest BCUT2D eigenvalue weighted by molar-refractivity contribution is 5.93. The average molecular weight is 316 g/mol. The molecule has 1 N–H and O–H groups in total. The topological polar surface area (TPSA) is 69.7 Å². The molecule has 0 spiro atoms. The van der Waals surface area contributed by atoms with Crippen LogP contribution in [0.15, 0.2) is 36.7 Å². The van der Waals surface area contributed by atoms with Crippen molar-refractivity contribution < 1.29 is 19.0 Å². The van der Waals surface area contributed by atoms with Gasteiger partial charge in [0.2, 0.25) is 5.75 Å². The van der Waals surface area contributed by atoms with E-state index in [0.29, 0.717) is 35.8 Å². The Morgan fingerprint density at radius 2 is 1.83 bits per heavy atom. The molecular formula is C17H20N2O4. The number of hydrogen-bond donors (Lipinski definition) is 1. The van der Waals surface area contributed by atoms with Gasteiger partial charge in [0, 0.05) is 18.9 Å². The van der Waals surface area contributed by atoms with Crippen molar-refractivity contribution in [1.82, 2.24) is 10.3 Å². The van der Waals surface area contributed by atoms with E-state index in [1.54, 1.807) is 39.7 Å². The van der Waals surface area contributed by atoms with Gasteiger partial charge in [-0.25, -0.2) is 0 Å². The summed E-state index contributed by atoms with van der Waals surface area (Å²) < 4.78 is 15.9. The molecule has 0 unspecified atom stereocenters. The maximum absolute atomic E-state index is 12.0. The van der Waals surface area contributed by atoms with E-state index < -0.39 is 0 Å². The molecule has 0 fully saturated rings. The summed E-state index contributed by atoms with van der Waals surface area (Å²) in [7, 11) is 4.71. The zero-order valence-corrected chi connectivity index (χ0v) is 13.5. The smallest absolute Gasteiger partial charge is 0.252 e. The second kappa shape index (κ2) is 8.03. The molecule has 0 aliphatic carbocycles. The molecule has 6 heteroatoms. The van der Waals surface area contributed by atoms with Crippen LogP contribution in [0.3, 0.4) is 0 Å². The quantitative estimate of drug-likeness (QED) is 0.847. The van der Waals surface area contributed by atoms with Crippen molar-refractivity contribution in [2.24, 2.45) is 0 Å². The van der Waals surface area contributed by atoms with Gasteiger partial charge in [0.1, 0.15) is 0 Å². The van der Waals surface area contributed by atoms with Gasteiger partial charge in [-0.2, -0.15) is 0 Å². The predicted molar refractivity (Wildman–Crippen MR) is 86.4 cm³/mol. The fraction of sp³-hybridized carbons (Fsp3) is 0.294. The molecule has 1 aromatic heterocycles. The Balaban J connectivity index is 2.02. The van der Waals surface area contributed by atoms with Crippen LogP contribution >= 0.6 is 0 Å². The van der Waals surface area contributed by atoms with E-state index in [1.807, 2.05) is 12.1 Å². The first kappa shape index (κ1) is 16.6. The summed E-state index contributed by atoms with van der Waals surface area (Å²) >= 11 is 0. The van der Waals surface area contributed by atoms with E-state index in [1.165, 1.54) is 6.20 Å². The number of aromatic nitrogens is 1. The van der Waals surface area contributed by atoms with E-state index in [-0.39, 0.29) is 5.91 Å². The third-order valence-corrected chi connectivity index (χ3v) is 3.35. The van der Waals surface area contributed by atoms with Crippen LogP contribution in [0, 0.1) is 0 Å². The van der Waals surface area contributed by atoms with Crippen molar-refractivity contribution in [2.75, 3.05) is 27.9 Å². The van der Waals surface area contributed by atoms with Crippen molar-refractivity contribution in [3.8, 4) is 17.2 Å². The summed E-state index contributed by atoms with van der Waals surface area (Å²) in [5.74, 6) is 1.60. The van der Waals surface area contributed by atoms with Gasteiger partial charge in [-0.1, -0.05) is 0 Å². The number of amides is 1. The first-order valence-electron chi connectivity index (χ1n) is 7.16. The monoisotopic (exact) mass is 316 g/mol. The van der Waals surface area contributed by atoms with Crippen molar-refractivity contribution in [3.63, 3.8) is 0 Å². The number of pyridine rings is 1. The molecule has 1 amide bonds. The first-order valence-corrected chi connectivity index (χ1v) is 7.16. The van der Waals surface area contributed by atoms with Crippen LogP contribution in [0.25, 0.3) is 0 Å². The Morgan fingerprint density at radius 3 is 2.35 bits per heavy atom. The van der Waals surface area contributed by atoms with Gasteiger partial charge in [0.05, 0.1) is 26.9 Å². The fourth-order valence-electron chi connectivity index (χ4n) is 2.20. The first-order chi connectivity index (χ1) is 11.2. The Kier molecular flexibility index (Phi) is 5.80. The van der Waals surface area contributed by atoms with Crippen LogP contribution in [0.4, 0.5) is 0 Å². The number of hydrogen-bond acceptors (Lipinski definition) is 5. The highest BCUT2D eigenvalue weighted by Gasteiger charge is 2.13. The van der Waals surface area contributed by atoms with Gasteiger partial charge in [-0.05, 0) is 36.2 Å². The van der Waals surface area contributed by atoms with Crippen LogP contribution in [-0.2, 0) is 6.42 Å².